The average Bonchev–Trinajstić information content (AvgIpc) is 3.11. The fraction of sp³-hybridized carbons (Fsp3) is 0.130. The van der Waals surface area contributed by atoms with Crippen molar-refractivity contribution in [2.24, 2.45) is 0 Å². The van der Waals surface area contributed by atoms with Crippen LogP contribution in [0.3, 0.4) is 0 Å². The number of rotatable bonds is 5. The Hall–Kier alpha value is -3.00. The van der Waals surface area contributed by atoms with Crippen LogP contribution in [0, 0.1) is 6.92 Å². The van der Waals surface area contributed by atoms with Crippen LogP contribution in [0.25, 0.3) is 10.9 Å². The van der Waals surface area contributed by atoms with Gasteiger partial charge in [0.1, 0.15) is 0 Å². The first-order chi connectivity index (χ1) is 12.3. The Morgan fingerprint density at radius 2 is 1.64 bits per heavy atom. The van der Waals surface area contributed by atoms with Gasteiger partial charge in [-0.25, -0.2) is 0 Å². The molecule has 4 aromatic rings. The van der Waals surface area contributed by atoms with E-state index in [2.05, 4.69) is 90.0 Å². The van der Waals surface area contributed by atoms with E-state index in [-0.39, 0.29) is 0 Å². The van der Waals surface area contributed by atoms with E-state index in [0.717, 1.165) is 18.5 Å². The highest BCUT2D eigenvalue weighted by Crippen LogP contribution is 2.25. The molecule has 1 aromatic heterocycles. The van der Waals surface area contributed by atoms with Crippen LogP contribution >= 0.6 is 0 Å². The molecule has 3 aromatic carbocycles. The van der Waals surface area contributed by atoms with Gasteiger partial charge in [-0.3, -0.25) is 0 Å². The molecule has 0 amide bonds. The summed E-state index contributed by atoms with van der Waals surface area (Å²) < 4.78 is 0. The van der Waals surface area contributed by atoms with Crippen molar-refractivity contribution in [2.45, 2.75) is 19.8 Å². The summed E-state index contributed by atoms with van der Waals surface area (Å²) in [4.78, 5) is 3.24. The van der Waals surface area contributed by atoms with E-state index in [9.17, 15) is 0 Å². The standard InChI is InChI=1S/C23H22N2/c1-17-7-8-19(10-9-18-5-3-2-4-6-18)15-23(17)25-21-11-12-22-20(16-21)13-14-24-22/h2-8,11-16,24-25H,9-10H2,1H3. The molecule has 1 heterocycles. The van der Waals surface area contributed by atoms with Crippen LogP contribution in [-0.4, -0.2) is 4.98 Å². The fourth-order valence-corrected chi connectivity index (χ4v) is 3.18. The SMILES string of the molecule is Cc1ccc(CCc2ccccc2)cc1Nc1ccc2[nH]ccc2c1. The second kappa shape index (κ2) is 6.86. The van der Waals surface area contributed by atoms with Crippen molar-refractivity contribution in [1.82, 2.24) is 4.98 Å². The fourth-order valence-electron chi connectivity index (χ4n) is 3.18. The summed E-state index contributed by atoms with van der Waals surface area (Å²) in [5, 5.41) is 4.80. The van der Waals surface area contributed by atoms with Gasteiger partial charge in [-0.15, -0.1) is 0 Å². The number of hydrogen-bond acceptors (Lipinski definition) is 1. The van der Waals surface area contributed by atoms with E-state index in [4.69, 9.17) is 0 Å². The molecule has 2 heteroatoms. The van der Waals surface area contributed by atoms with Crippen LogP contribution in [0.2, 0.25) is 0 Å². The van der Waals surface area contributed by atoms with E-state index >= 15 is 0 Å². The molecule has 2 nitrogen and oxygen atoms in total. The number of aromatic amines is 1. The summed E-state index contributed by atoms with van der Waals surface area (Å²) in [5.41, 5.74) is 7.47. The highest BCUT2D eigenvalue weighted by molar-refractivity contribution is 5.84. The second-order valence-corrected chi connectivity index (χ2v) is 6.54. The van der Waals surface area contributed by atoms with Gasteiger partial charge in [0.15, 0.2) is 0 Å². The maximum absolute atomic E-state index is 3.58. The Labute approximate surface area is 148 Å². The van der Waals surface area contributed by atoms with Gasteiger partial charge in [-0.05, 0) is 66.8 Å². The zero-order valence-corrected chi connectivity index (χ0v) is 14.4. The molecule has 2 N–H and O–H groups in total. The first-order valence-electron chi connectivity index (χ1n) is 8.75. The molecule has 0 saturated heterocycles. The van der Waals surface area contributed by atoms with Gasteiger partial charge in [0.2, 0.25) is 0 Å². The van der Waals surface area contributed by atoms with Gasteiger partial charge >= 0.3 is 0 Å². The van der Waals surface area contributed by atoms with Crippen LogP contribution in [0.4, 0.5) is 11.4 Å². The smallest absolute Gasteiger partial charge is 0.0455 e. The van der Waals surface area contributed by atoms with Crippen molar-refractivity contribution < 1.29 is 0 Å². The summed E-state index contributed by atoms with van der Waals surface area (Å²) in [5.74, 6) is 0. The summed E-state index contributed by atoms with van der Waals surface area (Å²) in [6, 6.07) is 25.9. The molecule has 0 bridgehead atoms. The average molecular weight is 326 g/mol. The summed E-state index contributed by atoms with van der Waals surface area (Å²) >= 11 is 0. The highest BCUT2D eigenvalue weighted by Gasteiger charge is 2.04. The molecule has 25 heavy (non-hydrogen) atoms. The van der Waals surface area contributed by atoms with Gasteiger partial charge in [0, 0.05) is 28.5 Å². The maximum Gasteiger partial charge on any atom is 0.0455 e. The van der Waals surface area contributed by atoms with E-state index in [1.165, 1.54) is 33.3 Å². The van der Waals surface area contributed by atoms with Gasteiger partial charge in [0.25, 0.3) is 0 Å². The topological polar surface area (TPSA) is 27.8 Å². The summed E-state index contributed by atoms with van der Waals surface area (Å²) in [7, 11) is 0. The van der Waals surface area contributed by atoms with Gasteiger partial charge in [-0.1, -0.05) is 42.5 Å². The third-order valence-corrected chi connectivity index (χ3v) is 4.68. The lowest BCUT2D eigenvalue weighted by Crippen LogP contribution is -1.97. The molecule has 0 aliphatic rings. The van der Waals surface area contributed by atoms with Gasteiger partial charge in [-0.2, -0.15) is 0 Å². The van der Waals surface area contributed by atoms with Crippen molar-refractivity contribution in [3.63, 3.8) is 0 Å². The van der Waals surface area contributed by atoms with Crippen molar-refractivity contribution in [2.75, 3.05) is 5.32 Å². The van der Waals surface area contributed by atoms with E-state index in [1.807, 2.05) is 6.20 Å². The lowest BCUT2D eigenvalue weighted by Gasteiger charge is -2.12. The predicted molar refractivity (Wildman–Crippen MR) is 107 cm³/mol. The molecule has 0 saturated carbocycles. The zero-order valence-electron chi connectivity index (χ0n) is 14.4. The summed E-state index contributed by atoms with van der Waals surface area (Å²) in [6.45, 7) is 2.15. The van der Waals surface area contributed by atoms with Crippen LogP contribution in [0.15, 0.2) is 79.0 Å². The molecule has 0 atom stereocenters. The lowest BCUT2D eigenvalue weighted by atomic mass is 10.0. The van der Waals surface area contributed by atoms with Crippen molar-refractivity contribution in [3.8, 4) is 0 Å². The Kier molecular flexibility index (Phi) is 4.26. The Bertz CT molecular complexity index is 983. The molecule has 0 spiro atoms. The Balaban J connectivity index is 1.52. The number of nitrogens with one attached hydrogen (secondary N) is 2. The number of fused-ring (bicyclic) bond motifs is 1. The number of anilines is 2. The normalized spacial score (nSPS) is 10.9. The minimum atomic E-state index is 1.05. The van der Waals surface area contributed by atoms with Crippen molar-refractivity contribution in [3.05, 3.63) is 95.7 Å². The predicted octanol–water partition coefficient (Wildman–Crippen LogP) is 6.01. The minimum absolute atomic E-state index is 1.05. The Morgan fingerprint density at radius 1 is 0.800 bits per heavy atom. The van der Waals surface area contributed by atoms with Crippen molar-refractivity contribution in [1.29, 1.82) is 0 Å². The lowest BCUT2D eigenvalue weighted by molar-refractivity contribution is 0.960. The zero-order chi connectivity index (χ0) is 17.1. The van der Waals surface area contributed by atoms with E-state index in [1.54, 1.807) is 0 Å². The molecule has 0 aliphatic carbocycles. The van der Waals surface area contributed by atoms with E-state index < -0.39 is 0 Å². The molecule has 4 rings (SSSR count). The molecule has 0 aliphatic heterocycles. The third kappa shape index (κ3) is 3.58. The molecule has 0 fully saturated rings. The van der Waals surface area contributed by atoms with Crippen molar-refractivity contribution >= 4 is 22.3 Å². The molecular weight excluding hydrogens is 304 g/mol. The molecule has 124 valence electrons. The Morgan fingerprint density at radius 3 is 2.52 bits per heavy atom. The molecular formula is C23H22N2. The van der Waals surface area contributed by atoms with Crippen LogP contribution < -0.4 is 5.32 Å². The van der Waals surface area contributed by atoms with Crippen LogP contribution in [-0.2, 0) is 12.8 Å². The first-order valence-corrected chi connectivity index (χ1v) is 8.75. The van der Waals surface area contributed by atoms with Crippen LogP contribution in [0.1, 0.15) is 16.7 Å². The molecule has 0 unspecified atom stereocenters. The second-order valence-electron chi connectivity index (χ2n) is 6.54. The number of aromatic nitrogens is 1. The first kappa shape index (κ1) is 15.5. The highest BCUT2D eigenvalue weighted by atomic mass is 14.9. The number of benzene rings is 3. The molecule has 0 radical (unpaired) electrons. The number of H-pyrrole nitrogens is 1. The number of hydrogen-bond donors (Lipinski definition) is 2. The summed E-state index contributed by atoms with van der Waals surface area (Å²) in [6.07, 6.45) is 4.10. The monoisotopic (exact) mass is 326 g/mol. The van der Waals surface area contributed by atoms with E-state index in [0.29, 0.717) is 0 Å². The number of aryl methyl sites for hydroxylation is 3. The van der Waals surface area contributed by atoms with Gasteiger partial charge in [0.05, 0.1) is 0 Å². The largest absolute Gasteiger partial charge is 0.361 e. The van der Waals surface area contributed by atoms with Crippen LogP contribution in [0.5, 0.6) is 0 Å². The van der Waals surface area contributed by atoms with Gasteiger partial charge < -0.3 is 10.3 Å². The quantitative estimate of drug-likeness (QED) is 0.462. The maximum atomic E-state index is 3.58. The third-order valence-electron chi connectivity index (χ3n) is 4.68. The minimum Gasteiger partial charge on any atom is -0.361 e.